The lowest BCUT2D eigenvalue weighted by Gasteiger charge is -2.20. The van der Waals surface area contributed by atoms with Crippen LogP contribution >= 0.6 is 0 Å². The van der Waals surface area contributed by atoms with E-state index < -0.39 is 47.5 Å². The van der Waals surface area contributed by atoms with Crippen molar-refractivity contribution in [2.75, 3.05) is 34.2 Å². The number of hydrogen-bond donors (Lipinski definition) is 6. The zero-order chi connectivity index (χ0) is 26.1. The van der Waals surface area contributed by atoms with Gasteiger partial charge in [0.1, 0.15) is 23.3 Å². The maximum Gasteiger partial charge on any atom is 0.519 e. The minimum absolute atomic E-state index is 0.131. The number of carboxylic acids is 2. The van der Waals surface area contributed by atoms with Gasteiger partial charge in [-0.3, -0.25) is 9.59 Å². The van der Waals surface area contributed by atoms with E-state index in [-0.39, 0.29) is 6.54 Å². The molecule has 0 rings (SSSR count). The molecule has 7 N–H and O–H groups in total. The van der Waals surface area contributed by atoms with Crippen LogP contribution in [0.1, 0.15) is 41.5 Å². The molecule has 0 saturated heterocycles. The number of carboxylic acid groups (broad SMARTS) is 2. The molecule has 0 saturated carbocycles. The summed E-state index contributed by atoms with van der Waals surface area (Å²) in [5, 5.41) is 24.6. The molecule has 0 fully saturated rings. The molecule has 0 aromatic heterocycles. The summed E-state index contributed by atoms with van der Waals surface area (Å²) >= 11 is 0. The normalized spacial score (nSPS) is 12.6. The molecule has 13 nitrogen and oxygen atoms in total. The topological polar surface area (TPSA) is 199 Å². The van der Waals surface area contributed by atoms with Gasteiger partial charge in [0.25, 0.3) is 0 Å². The van der Waals surface area contributed by atoms with Crippen LogP contribution in [-0.2, 0) is 23.8 Å². The molecule has 0 heterocycles. The molecule has 0 aromatic rings. The molecule has 2 atom stereocenters. The standard InChI is InChI=1S/C10H18O5.C5H12N2O2.C4H10N2O2/c1-9(2,3)14-7(11)13-8(12)15-10(4,5)6;1-6-3-4(7-2)5(8)9;1-6-3(2-5)4(7)8/h1-6H3;4,6-7H,3H2,1-2H3,(H,8,9);3,6H,2,5H2,1H3,(H,7,8)/t;4-;3-/m.11/s1. The Labute approximate surface area is 189 Å². The predicted molar refractivity (Wildman–Crippen MR) is 118 cm³/mol. The maximum absolute atomic E-state index is 11.0. The first kappa shape index (κ1) is 34.1. The zero-order valence-corrected chi connectivity index (χ0v) is 20.4. The van der Waals surface area contributed by atoms with Gasteiger partial charge in [-0.25, -0.2) is 9.59 Å². The predicted octanol–water partition coefficient (Wildman–Crippen LogP) is 0.369. The first-order valence-electron chi connectivity index (χ1n) is 9.72. The highest BCUT2D eigenvalue weighted by Crippen LogP contribution is 2.11. The Kier molecular flexibility index (Phi) is 18.3. The number of carbonyl (C=O) groups is 4. The Morgan fingerprint density at radius 1 is 0.781 bits per heavy atom. The van der Waals surface area contributed by atoms with Gasteiger partial charge in [0.2, 0.25) is 0 Å². The minimum Gasteiger partial charge on any atom is -0.480 e. The number of ether oxygens (including phenoxy) is 3. The van der Waals surface area contributed by atoms with Crippen LogP contribution in [0.2, 0.25) is 0 Å². The fraction of sp³-hybridized carbons (Fsp3) is 0.789. The van der Waals surface area contributed by atoms with E-state index in [0.29, 0.717) is 6.54 Å². The Hall–Kier alpha value is -2.48. The molecule has 0 aliphatic carbocycles. The monoisotopic (exact) mass is 468 g/mol. The lowest BCUT2D eigenvalue weighted by molar-refractivity contribution is -0.140. The van der Waals surface area contributed by atoms with Gasteiger partial charge in [-0.15, -0.1) is 0 Å². The molecule has 0 aliphatic heterocycles. The van der Waals surface area contributed by atoms with Crippen molar-refractivity contribution in [3.63, 3.8) is 0 Å². The van der Waals surface area contributed by atoms with Crippen LogP contribution in [0, 0.1) is 0 Å². The van der Waals surface area contributed by atoms with E-state index in [4.69, 9.17) is 25.4 Å². The van der Waals surface area contributed by atoms with Crippen LogP contribution in [0.5, 0.6) is 0 Å². The van der Waals surface area contributed by atoms with Gasteiger partial charge in [0.15, 0.2) is 0 Å². The van der Waals surface area contributed by atoms with E-state index >= 15 is 0 Å². The highest BCUT2D eigenvalue weighted by molar-refractivity contribution is 5.77. The number of nitrogens with one attached hydrogen (secondary N) is 3. The summed E-state index contributed by atoms with van der Waals surface area (Å²) in [6, 6.07) is -1.08. The molecule has 32 heavy (non-hydrogen) atoms. The second-order valence-electron chi connectivity index (χ2n) is 8.18. The van der Waals surface area contributed by atoms with Gasteiger partial charge < -0.3 is 46.1 Å². The molecule has 0 spiro atoms. The second kappa shape index (κ2) is 17.1. The first-order valence-corrected chi connectivity index (χ1v) is 9.72. The number of hydrogen-bond acceptors (Lipinski definition) is 11. The fourth-order valence-electron chi connectivity index (χ4n) is 1.47. The van der Waals surface area contributed by atoms with Crippen LogP contribution in [-0.4, -0.2) is 92.0 Å². The fourth-order valence-corrected chi connectivity index (χ4v) is 1.47. The summed E-state index contributed by atoms with van der Waals surface area (Å²) in [7, 11) is 4.90. The number of aliphatic carboxylic acids is 2. The lowest BCUT2D eigenvalue weighted by atomic mass is 10.2. The molecular weight excluding hydrogens is 428 g/mol. The lowest BCUT2D eigenvalue weighted by Crippen LogP contribution is -2.41. The van der Waals surface area contributed by atoms with Gasteiger partial charge in [-0.05, 0) is 62.7 Å². The summed E-state index contributed by atoms with van der Waals surface area (Å²) in [4.78, 5) is 42.3. The average Bonchev–Trinajstić information content (AvgIpc) is 2.57. The molecule has 13 heteroatoms. The largest absolute Gasteiger partial charge is 0.519 e. The van der Waals surface area contributed by atoms with Gasteiger partial charge in [-0.1, -0.05) is 0 Å². The Morgan fingerprint density at radius 2 is 1.12 bits per heavy atom. The summed E-state index contributed by atoms with van der Waals surface area (Å²) in [5.74, 6) is -1.73. The highest BCUT2D eigenvalue weighted by atomic mass is 16.8. The molecule has 0 radical (unpaired) electrons. The van der Waals surface area contributed by atoms with Gasteiger partial charge in [0, 0.05) is 13.1 Å². The van der Waals surface area contributed by atoms with Crippen LogP contribution in [0.25, 0.3) is 0 Å². The van der Waals surface area contributed by atoms with Crippen molar-refractivity contribution < 1.29 is 43.6 Å². The van der Waals surface area contributed by atoms with E-state index in [1.54, 1.807) is 62.7 Å². The molecule has 0 bridgehead atoms. The third-order valence-corrected chi connectivity index (χ3v) is 2.88. The number of carbonyl (C=O) groups excluding carboxylic acids is 2. The summed E-state index contributed by atoms with van der Waals surface area (Å²) in [5.41, 5.74) is 3.65. The quantitative estimate of drug-likeness (QED) is 0.221. The molecule has 0 aromatic carbocycles. The molecule has 0 aliphatic rings. The van der Waals surface area contributed by atoms with Crippen molar-refractivity contribution >= 4 is 24.2 Å². The van der Waals surface area contributed by atoms with Crippen LogP contribution in [0.3, 0.4) is 0 Å². The van der Waals surface area contributed by atoms with Crippen molar-refractivity contribution in [1.29, 1.82) is 0 Å². The van der Waals surface area contributed by atoms with E-state index in [0.717, 1.165) is 0 Å². The van der Waals surface area contributed by atoms with Crippen LogP contribution < -0.4 is 21.7 Å². The molecule has 0 unspecified atom stereocenters. The van der Waals surface area contributed by atoms with Gasteiger partial charge in [0.05, 0.1) is 0 Å². The van der Waals surface area contributed by atoms with E-state index in [2.05, 4.69) is 20.7 Å². The number of nitrogens with two attached hydrogens (primary N) is 1. The van der Waals surface area contributed by atoms with Crippen molar-refractivity contribution in [2.45, 2.75) is 64.8 Å². The average molecular weight is 469 g/mol. The Morgan fingerprint density at radius 3 is 1.25 bits per heavy atom. The number of likely N-dealkylation sites (N-methyl/N-ethyl adjacent to an activating group) is 3. The minimum atomic E-state index is -1.06. The molecule has 0 amide bonds. The number of rotatable bonds is 7. The smallest absolute Gasteiger partial charge is 0.480 e. The third kappa shape index (κ3) is 23.8. The van der Waals surface area contributed by atoms with Crippen LogP contribution in [0.4, 0.5) is 9.59 Å². The third-order valence-electron chi connectivity index (χ3n) is 2.88. The maximum atomic E-state index is 11.0. The van der Waals surface area contributed by atoms with Crippen LogP contribution in [0.15, 0.2) is 0 Å². The Bertz CT molecular complexity index is 542. The molecular formula is C19H40N4O9. The van der Waals surface area contributed by atoms with Gasteiger partial charge >= 0.3 is 24.2 Å². The van der Waals surface area contributed by atoms with Gasteiger partial charge in [-0.2, -0.15) is 0 Å². The first-order chi connectivity index (χ1) is 14.4. The van der Waals surface area contributed by atoms with Crippen molar-refractivity contribution in [2.24, 2.45) is 5.73 Å². The van der Waals surface area contributed by atoms with E-state index in [1.165, 1.54) is 0 Å². The highest BCUT2D eigenvalue weighted by Gasteiger charge is 2.24. The van der Waals surface area contributed by atoms with Crippen molar-refractivity contribution in [3.05, 3.63) is 0 Å². The molecule has 190 valence electrons. The SMILES string of the molecule is CC(C)(C)OC(=O)OC(=O)OC(C)(C)C.CNC[C@@H](NC)C(=O)O.CN[C@H](CN)C(=O)O. The van der Waals surface area contributed by atoms with Crippen molar-refractivity contribution in [3.8, 4) is 0 Å². The van der Waals surface area contributed by atoms with E-state index in [1.807, 2.05) is 0 Å². The van der Waals surface area contributed by atoms with E-state index in [9.17, 15) is 19.2 Å². The Balaban J connectivity index is -0.000000424. The van der Waals surface area contributed by atoms with Crippen molar-refractivity contribution in [1.82, 2.24) is 16.0 Å². The second-order valence-corrected chi connectivity index (χ2v) is 8.18. The summed E-state index contributed by atoms with van der Waals surface area (Å²) < 4.78 is 13.8. The summed E-state index contributed by atoms with van der Waals surface area (Å²) in [6.07, 6.45) is -2.12. The zero-order valence-electron chi connectivity index (χ0n) is 20.4. The summed E-state index contributed by atoms with van der Waals surface area (Å²) in [6.45, 7) is 10.6.